The highest BCUT2D eigenvalue weighted by molar-refractivity contribution is 5.89. The molecule has 2 rings (SSSR count). The van der Waals surface area contributed by atoms with Crippen molar-refractivity contribution < 1.29 is 23.0 Å². The Morgan fingerprint density at radius 3 is 2.25 bits per heavy atom. The summed E-state index contributed by atoms with van der Waals surface area (Å²) < 4.78 is 36.7. The third-order valence-electron chi connectivity index (χ3n) is 3.22. The standard InChI is InChI=1S/C17H18F2N2O3/c1-21(7-8-24-16-5-3-15(23-2)4-6-16)17(22)20-14-10-12(18)9-13(19)11-14/h3-6,9-11H,7-8H2,1-2H3,(H,20,22). The number of ether oxygens (including phenoxy) is 2. The molecule has 0 saturated heterocycles. The van der Waals surface area contributed by atoms with Crippen LogP contribution in [0, 0.1) is 11.6 Å². The van der Waals surface area contributed by atoms with Gasteiger partial charge in [-0.25, -0.2) is 13.6 Å². The van der Waals surface area contributed by atoms with Crippen LogP contribution in [0.5, 0.6) is 11.5 Å². The molecule has 0 bridgehead atoms. The van der Waals surface area contributed by atoms with Gasteiger partial charge in [0.2, 0.25) is 0 Å². The Labute approximate surface area is 138 Å². The fourth-order valence-electron chi connectivity index (χ4n) is 1.92. The highest BCUT2D eigenvalue weighted by Gasteiger charge is 2.10. The number of rotatable bonds is 6. The first-order valence-corrected chi connectivity index (χ1v) is 7.23. The fourth-order valence-corrected chi connectivity index (χ4v) is 1.92. The van der Waals surface area contributed by atoms with Crippen molar-refractivity contribution in [3.63, 3.8) is 0 Å². The van der Waals surface area contributed by atoms with Gasteiger partial charge in [-0.05, 0) is 36.4 Å². The number of halogens is 2. The highest BCUT2D eigenvalue weighted by Crippen LogP contribution is 2.17. The van der Waals surface area contributed by atoms with E-state index in [4.69, 9.17) is 9.47 Å². The summed E-state index contributed by atoms with van der Waals surface area (Å²) in [6.07, 6.45) is 0. The van der Waals surface area contributed by atoms with Crippen LogP contribution in [-0.4, -0.2) is 38.2 Å². The van der Waals surface area contributed by atoms with Crippen molar-refractivity contribution in [1.82, 2.24) is 4.90 Å². The lowest BCUT2D eigenvalue weighted by Gasteiger charge is -2.18. The van der Waals surface area contributed by atoms with Crippen LogP contribution in [0.2, 0.25) is 0 Å². The first-order chi connectivity index (χ1) is 11.5. The third kappa shape index (κ3) is 5.12. The van der Waals surface area contributed by atoms with Gasteiger partial charge in [0.1, 0.15) is 29.7 Å². The average molecular weight is 336 g/mol. The molecule has 0 aromatic heterocycles. The van der Waals surface area contributed by atoms with Crippen LogP contribution >= 0.6 is 0 Å². The van der Waals surface area contributed by atoms with E-state index in [0.717, 1.165) is 23.9 Å². The zero-order valence-electron chi connectivity index (χ0n) is 13.4. The van der Waals surface area contributed by atoms with Crippen molar-refractivity contribution >= 4 is 11.7 Å². The van der Waals surface area contributed by atoms with Crippen molar-refractivity contribution in [3.8, 4) is 11.5 Å². The molecule has 0 heterocycles. The zero-order chi connectivity index (χ0) is 17.5. The van der Waals surface area contributed by atoms with E-state index in [-0.39, 0.29) is 12.3 Å². The van der Waals surface area contributed by atoms with Gasteiger partial charge in [0.25, 0.3) is 0 Å². The van der Waals surface area contributed by atoms with E-state index in [2.05, 4.69) is 5.32 Å². The maximum absolute atomic E-state index is 13.1. The number of carbonyl (C=O) groups is 1. The summed E-state index contributed by atoms with van der Waals surface area (Å²) in [5.74, 6) is -0.135. The Bertz CT molecular complexity index is 672. The Balaban J connectivity index is 1.80. The molecule has 0 saturated carbocycles. The van der Waals surface area contributed by atoms with Gasteiger partial charge >= 0.3 is 6.03 Å². The number of amides is 2. The molecule has 0 radical (unpaired) electrons. The second-order valence-electron chi connectivity index (χ2n) is 5.03. The number of hydrogen-bond donors (Lipinski definition) is 1. The molecule has 0 spiro atoms. The Kier molecular flexibility index (Phi) is 5.95. The molecule has 0 fully saturated rings. The molecule has 0 atom stereocenters. The normalized spacial score (nSPS) is 10.2. The number of methoxy groups -OCH3 is 1. The summed E-state index contributed by atoms with van der Waals surface area (Å²) in [6.45, 7) is 0.573. The average Bonchev–Trinajstić information content (AvgIpc) is 2.54. The van der Waals surface area contributed by atoms with E-state index >= 15 is 0 Å². The number of nitrogens with zero attached hydrogens (tertiary/aromatic N) is 1. The summed E-state index contributed by atoms with van der Waals surface area (Å²) in [4.78, 5) is 13.3. The molecular weight excluding hydrogens is 318 g/mol. The lowest BCUT2D eigenvalue weighted by atomic mass is 10.3. The summed E-state index contributed by atoms with van der Waals surface area (Å²) in [5, 5.41) is 2.42. The molecule has 5 nitrogen and oxygen atoms in total. The zero-order valence-corrected chi connectivity index (χ0v) is 13.4. The first-order valence-electron chi connectivity index (χ1n) is 7.23. The van der Waals surface area contributed by atoms with E-state index in [0.29, 0.717) is 12.3 Å². The second kappa shape index (κ2) is 8.14. The summed E-state index contributed by atoms with van der Waals surface area (Å²) >= 11 is 0. The van der Waals surface area contributed by atoms with Crippen LogP contribution < -0.4 is 14.8 Å². The van der Waals surface area contributed by atoms with Gasteiger partial charge in [-0.2, -0.15) is 0 Å². The fraction of sp³-hybridized carbons (Fsp3) is 0.235. The topological polar surface area (TPSA) is 50.8 Å². The molecule has 24 heavy (non-hydrogen) atoms. The largest absolute Gasteiger partial charge is 0.497 e. The molecule has 0 aliphatic heterocycles. The van der Waals surface area contributed by atoms with Gasteiger partial charge in [0.05, 0.1) is 13.7 Å². The van der Waals surface area contributed by atoms with Crippen LogP contribution in [0.15, 0.2) is 42.5 Å². The molecule has 0 unspecified atom stereocenters. The smallest absolute Gasteiger partial charge is 0.321 e. The predicted molar refractivity (Wildman–Crippen MR) is 86.5 cm³/mol. The van der Waals surface area contributed by atoms with Gasteiger partial charge in [0.15, 0.2) is 0 Å². The van der Waals surface area contributed by atoms with E-state index in [9.17, 15) is 13.6 Å². The minimum Gasteiger partial charge on any atom is -0.497 e. The number of hydrogen-bond acceptors (Lipinski definition) is 3. The van der Waals surface area contributed by atoms with E-state index in [1.807, 2.05) is 0 Å². The molecule has 0 aliphatic rings. The van der Waals surface area contributed by atoms with Gasteiger partial charge in [0, 0.05) is 18.8 Å². The molecule has 2 aromatic carbocycles. The first kappa shape index (κ1) is 17.5. The quantitative estimate of drug-likeness (QED) is 0.878. The molecule has 1 N–H and O–H groups in total. The number of carbonyl (C=O) groups excluding carboxylic acids is 1. The minimum atomic E-state index is -0.754. The molecule has 2 aromatic rings. The number of benzene rings is 2. The lowest BCUT2D eigenvalue weighted by Crippen LogP contribution is -2.34. The number of likely N-dealkylation sites (N-methyl/N-ethyl adjacent to an activating group) is 1. The van der Waals surface area contributed by atoms with Crippen molar-refractivity contribution in [2.75, 3.05) is 32.6 Å². The van der Waals surface area contributed by atoms with Crippen LogP contribution in [0.4, 0.5) is 19.3 Å². The van der Waals surface area contributed by atoms with Crippen molar-refractivity contribution in [2.24, 2.45) is 0 Å². The third-order valence-corrected chi connectivity index (χ3v) is 3.22. The number of anilines is 1. The van der Waals surface area contributed by atoms with Crippen LogP contribution in [0.25, 0.3) is 0 Å². The molecule has 2 amide bonds. The van der Waals surface area contributed by atoms with Gasteiger partial charge in [-0.1, -0.05) is 0 Å². The number of nitrogens with one attached hydrogen (secondary N) is 1. The van der Waals surface area contributed by atoms with Crippen molar-refractivity contribution in [1.29, 1.82) is 0 Å². The summed E-state index contributed by atoms with van der Waals surface area (Å²) in [5.41, 5.74) is 0.0559. The maximum Gasteiger partial charge on any atom is 0.321 e. The molecule has 0 aliphatic carbocycles. The van der Waals surface area contributed by atoms with Gasteiger partial charge in [-0.15, -0.1) is 0 Å². The van der Waals surface area contributed by atoms with Crippen molar-refractivity contribution in [2.45, 2.75) is 0 Å². The second-order valence-corrected chi connectivity index (χ2v) is 5.03. The predicted octanol–water partition coefficient (Wildman–Crippen LogP) is 3.52. The van der Waals surface area contributed by atoms with Gasteiger partial charge < -0.3 is 19.7 Å². The van der Waals surface area contributed by atoms with Crippen LogP contribution in [-0.2, 0) is 0 Å². The summed E-state index contributed by atoms with van der Waals surface area (Å²) in [6, 6.07) is 9.39. The molecule has 7 heteroatoms. The van der Waals surface area contributed by atoms with Crippen molar-refractivity contribution in [3.05, 3.63) is 54.1 Å². The van der Waals surface area contributed by atoms with E-state index < -0.39 is 17.7 Å². The maximum atomic E-state index is 13.1. The SMILES string of the molecule is COc1ccc(OCCN(C)C(=O)Nc2cc(F)cc(F)c2)cc1. The van der Waals surface area contributed by atoms with E-state index in [1.165, 1.54) is 4.90 Å². The van der Waals surface area contributed by atoms with E-state index in [1.54, 1.807) is 38.4 Å². The summed E-state index contributed by atoms with van der Waals surface area (Å²) in [7, 11) is 3.14. The highest BCUT2D eigenvalue weighted by atomic mass is 19.1. The Morgan fingerprint density at radius 1 is 1.08 bits per heavy atom. The monoisotopic (exact) mass is 336 g/mol. The lowest BCUT2D eigenvalue weighted by molar-refractivity contribution is 0.207. The van der Waals surface area contributed by atoms with Crippen LogP contribution in [0.1, 0.15) is 0 Å². The Hall–Kier alpha value is -2.83. The molecule has 128 valence electrons. The number of urea groups is 1. The van der Waals surface area contributed by atoms with Gasteiger partial charge in [-0.3, -0.25) is 0 Å². The van der Waals surface area contributed by atoms with Crippen LogP contribution in [0.3, 0.4) is 0 Å². The molecular formula is C17H18F2N2O3. The minimum absolute atomic E-state index is 0.0559. The Morgan fingerprint density at radius 2 is 1.67 bits per heavy atom.